The van der Waals surface area contributed by atoms with Crippen LogP contribution in [-0.4, -0.2) is 61.3 Å². The minimum Gasteiger partial charge on any atom is -0.348 e. The number of aliphatic imine (C=N–C) groups is 1. The molecular formula is C23H30FN5OS. The molecule has 0 unspecified atom stereocenters. The monoisotopic (exact) mass is 443 g/mol. The van der Waals surface area contributed by atoms with Crippen LogP contribution in [0.3, 0.4) is 0 Å². The van der Waals surface area contributed by atoms with Crippen LogP contribution in [0.4, 0.5) is 15.2 Å². The first-order chi connectivity index (χ1) is 15.0. The van der Waals surface area contributed by atoms with Gasteiger partial charge in [-0.05, 0) is 56.3 Å². The van der Waals surface area contributed by atoms with Crippen LogP contribution < -0.4 is 10.2 Å². The zero-order valence-corrected chi connectivity index (χ0v) is 19.0. The van der Waals surface area contributed by atoms with Gasteiger partial charge in [0.15, 0.2) is 5.13 Å². The van der Waals surface area contributed by atoms with E-state index in [2.05, 4.69) is 32.0 Å². The molecule has 2 aliphatic rings. The molecule has 0 saturated carbocycles. The van der Waals surface area contributed by atoms with Crippen molar-refractivity contribution >= 4 is 34.3 Å². The second-order valence-electron chi connectivity index (χ2n) is 8.55. The Morgan fingerprint density at radius 3 is 2.84 bits per heavy atom. The van der Waals surface area contributed by atoms with Gasteiger partial charge in [0.1, 0.15) is 10.7 Å². The number of halogens is 1. The third-order valence-corrected chi connectivity index (χ3v) is 7.24. The summed E-state index contributed by atoms with van der Waals surface area (Å²) in [4.78, 5) is 26.5. The topological polar surface area (TPSA) is 60.8 Å². The van der Waals surface area contributed by atoms with E-state index in [0.29, 0.717) is 22.2 Å². The molecule has 1 N–H and O–H groups in total. The Balaban J connectivity index is 1.34. The number of carbonyl (C=O) groups is 1. The van der Waals surface area contributed by atoms with Gasteiger partial charge in [0.25, 0.3) is 5.91 Å². The van der Waals surface area contributed by atoms with Gasteiger partial charge in [-0.25, -0.2) is 9.37 Å². The van der Waals surface area contributed by atoms with E-state index in [1.807, 2.05) is 0 Å². The fourth-order valence-corrected chi connectivity index (χ4v) is 5.41. The summed E-state index contributed by atoms with van der Waals surface area (Å²) >= 11 is 1.41. The van der Waals surface area contributed by atoms with Crippen molar-refractivity contribution in [3.8, 4) is 0 Å². The summed E-state index contributed by atoms with van der Waals surface area (Å²) in [5.41, 5.74) is 0.879. The van der Waals surface area contributed by atoms with E-state index in [-0.39, 0.29) is 11.7 Å². The van der Waals surface area contributed by atoms with Crippen molar-refractivity contribution in [1.29, 1.82) is 0 Å². The number of thiazole rings is 1. The van der Waals surface area contributed by atoms with E-state index < -0.39 is 0 Å². The van der Waals surface area contributed by atoms with Gasteiger partial charge in [-0.3, -0.25) is 14.7 Å². The number of anilines is 2. The molecule has 1 atom stereocenters. The molecule has 31 heavy (non-hydrogen) atoms. The molecule has 0 aliphatic carbocycles. The molecule has 2 aromatic rings. The van der Waals surface area contributed by atoms with Crippen LogP contribution in [0.1, 0.15) is 47.8 Å². The maximum Gasteiger partial charge on any atom is 0.267 e. The standard InChI is InChI=1S/C23H30FN5OS/c1-16-4-3-9-29(15-16)19-7-10-28(11-8-19)23-26-14-21(31-23)22(30)27-18-5-6-20(24)17(12-18)13-25-2/h5-6,12-14,16,19H,3-4,7-11,15H2,1-2H3,(H,27,30)/b25-13+/t16-/m1/s1. The number of hydrogen-bond acceptors (Lipinski definition) is 6. The SMILES string of the molecule is C/N=C/c1cc(NC(=O)c2cnc(N3CCC(N4CCC[C@@H](C)C4)CC3)s2)ccc1F. The molecule has 0 spiro atoms. The maximum atomic E-state index is 13.8. The Bertz CT molecular complexity index is 938. The van der Waals surface area contributed by atoms with Gasteiger partial charge in [0.05, 0.1) is 6.20 Å². The molecular weight excluding hydrogens is 413 g/mol. The highest BCUT2D eigenvalue weighted by molar-refractivity contribution is 7.17. The van der Waals surface area contributed by atoms with Crippen LogP contribution in [-0.2, 0) is 0 Å². The molecule has 1 aromatic carbocycles. The third kappa shape index (κ3) is 5.30. The number of nitrogens with zero attached hydrogens (tertiary/aromatic N) is 4. The number of piperidine rings is 2. The van der Waals surface area contributed by atoms with E-state index in [1.54, 1.807) is 25.4 Å². The Morgan fingerprint density at radius 1 is 1.29 bits per heavy atom. The average molecular weight is 444 g/mol. The van der Waals surface area contributed by atoms with E-state index in [1.165, 1.54) is 49.5 Å². The lowest BCUT2D eigenvalue weighted by Gasteiger charge is -2.41. The van der Waals surface area contributed by atoms with Crippen molar-refractivity contribution in [3.05, 3.63) is 40.7 Å². The highest BCUT2D eigenvalue weighted by atomic mass is 32.1. The van der Waals surface area contributed by atoms with Gasteiger partial charge in [0, 0.05) is 50.2 Å². The van der Waals surface area contributed by atoms with Crippen molar-refractivity contribution in [3.63, 3.8) is 0 Å². The predicted molar refractivity (Wildman–Crippen MR) is 125 cm³/mol. The molecule has 8 heteroatoms. The minimum atomic E-state index is -0.369. The van der Waals surface area contributed by atoms with Gasteiger partial charge < -0.3 is 10.2 Å². The van der Waals surface area contributed by atoms with Crippen molar-refractivity contribution in [2.24, 2.45) is 10.9 Å². The smallest absolute Gasteiger partial charge is 0.267 e. The van der Waals surface area contributed by atoms with E-state index in [0.717, 1.165) is 37.0 Å². The minimum absolute atomic E-state index is 0.230. The van der Waals surface area contributed by atoms with Crippen LogP contribution in [0.2, 0.25) is 0 Å². The molecule has 0 radical (unpaired) electrons. The number of amides is 1. The molecule has 0 bridgehead atoms. The van der Waals surface area contributed by atoms with Crippen LogP contribution in [0.25, 0.3) is 0 Å². The number of carbonyl (C=O) groups excluding carboxylic acids is 1. The zero-order chi connectivity index (χ0) is 21.8. The van der Waals surface area contributed by atoms with Crippen LogP contribution in [0, 0.1) is 11.7 Å². The number of hydrogen-bond donors (Lipinski definition) is 1. The van der Waals surface area contributed by atoms with Gasteiger partial charge >= 0.3 is 0 Å². The van der Waals surface area contributed by atoms with Gasteiger partial charge in [0.2, 0.25) is 0 Å². The Morgan fingerprint density at radius 2 is 2.10 bits per heavy atom. The summed E-state index contributed by atoms with van der Waals surface area (Å²) in [5, 5.41) is 3.73. The normalized spacial score (nSPS) is 21.0. The fraction of sp³-hybridized carbons (Fsp3) is 0.522. The fourth-order valence-electron chi connectivity index (χ4n) is 4.55. The first kappa shape index (κ1) is 21.9. The average Bonchev–Trinajstić information content (AvgIpc) is 3.27. The Hall–Kier alpha value is -2.32. The highest BCUT2D eigenvalue weighted by Gasteiger charge is 2.28. The van der Waals surface area contributed by atoms with Gasteiger partial charge in [-0.2, -0.15) is 0 Å². The lowest BCUT2D eigenvalue weighted by molar-refractivity contribution is 0.103. The van der Waals surface area contributed by atoms with E-state index in [9.17, 15) is 9.18 Å². The Kier molecular flexibility index (Phi) is 6.97. The first-order valence-electron chi connectivity index (χ1n) is 11.0. The largest absolute Gasteiger partial charge is 0.348 e. The number of benzene rings is 1. The quantitative estimate of drug-likeness (QED) is 0.701. The van der Waals surface area contributed by atoms with Crippen molar-refractivity contribution < 1.29 is 9.18 Å². The van der Waals surface area contributed by atoms with E-state index in [4.69, 9.17) is 0 Å². The summed E-state index contributed by atoms with van der Waals surface area (Å²) in [6.07, 6.45) is 8.02. The summed E-state index contributed by atoms with van der Waals surface area (Å²) in [6, 6.07) is 5.13. The predicted octanol–water partition coefficient (Wildman–Crippen LogP) is 4.28. The second-order valence-corrected chi connectivity index (χ2v) is 9.55. The maximum absolute atomic E-state index is 13.8. The van der Waals surface area contributed by atoms with Crippen LogP contribution in [0.15, 0.2) is 29.4 Å². The summed E-state index contributed by atoms with van der Waals surface area (Å²) in [5.74, 6) is 0.205. The highest BCUT2D eigenvalue weighted by Crippen LogP contribution is 2.29. The second kappa shape index (κ2) is 9.87. The van der Waals surface area contributed by atoms with Gasteiger partial charge in [-0.15, -0.1) is 0 Å². The number of rotatable bonds is 5. The molecule has 2 aliphatic heterocycles. The van der Waals surface area contributed by atoms with Gasteiger partial charge in [-0.1, -0.05) is 18.3 Å². The molecule has 6 nitrogen and oxygen atoms in total. The Labute approximate surface area is 187 Å². The number of nitrogens with one attached hydrogen (secondary N) is 1. The number of likely N-dealkylation sites (tertiary alicyclic amines) is 1. The van der Waals surface area contributed by atoms with Crippen LogP contribution >= 0.6 is 11.3 Å². The molecule has 2 fully saturated rings. The third-order valence-electron chi connectivity index (χ3n) is 6.18. The lowest BCUT2D eigenvalue weighted by Crippen LogP contribution is -2.48. The zero-order valence-electron chi connectivity index (χ0n) is 18.2. The summed E-state index contributed by atoms with van der Waals surface area (Å²) in [7, 11) is 1.58. The lowest BCUT2D eigenvalue weighted by atomic mass is 9.95. The molecule has 1 aromatic heterocycles. The van der Waals surface area contributed by atoms with Crippen molar-refractivity contribution in [1.82, 2.24) is 9.88 Å². The van der Waals surface area contributed by atoms with Crippen molar-refractivity contribution in [2.75, 3.05) is 43.4 Å². The van der Waals surface area contributed by atoms with Crippen LogP contribution in [0.5, 0.6) is 0 Å². The van der Waals surface area contributed by atoms with E-state index >= 15 is 0 Å². The van der Waals surface area contributed by atoms with Crippen molar-refractivity contribution in [2.45, 2.75) is 38.6 Å². The molecule has 1 amide bonds. The summed E-state index contributed by atoms with van der Waals surface area (Å²) in [6.45, 7) is 6.75. The first-order valence-corrected chi connectivity index (χ1v) is 11.8. The molecule has 3 heterocycles. The number of aromatic nitrogens is 1. The molecule has 2 saturated heterocycles. The summed E-state index contributed by atoms with van der Waals surface area (Å²) < 4.78 is 13.8. The molecule has 4 rings (SSSR count). The molecule has 166 valence electrons.